The van der Waals surface area contributed by atoms with Crippen LogP contribution < -0.4 is 14.8 Å². The Morgan fingerprint density at radius 1 is 1.04 bits per heavy atom. The van der Waals surface area contributed by atoms with Crippen LogP contribution in [0.3, 0.4) is 0 Å². The molecule has 1 unspecified atom stereocenters. The van der Waals surface area contributed by atoms with Gasteiger partial charge in [0.25, 0.3) is 0 Å². The second-order valence-electron chi connectivity index (χ2n) is 6.79. The summed E-state index contributed by atoms with van der Waals surface area (Å²) in [5, 5.41) is 5.23. The minimum absolute atomic E-state index is 0.0262. The van der Waals surface area contributed by atoms with Gasteiger partial charge < -0.3 is 14.8 Å². The Labute approximate surface area is 159 Å². The highest BCUT2D eigenvalue weighted by Crippen LogP contribution is 2.28. The van der Waals surface area contributed by atoms with Crippen molar-refractivity contribution in [3.63, 3.8) is 0 Å². The van der Waals surface area contributed by atoms with Crippen LogP contribution in [0.4, 0.5) is 0 Å². The molecule has 1 aliphatic rings. The van der Waals surface area contributed by atoms with Crippen molar-refractivity contribution in [2.24, 2.45) is 0 Å². The van der Waals surface area contributed by atoms with Crippen molar-refractivity contribution in [2.75, 3.05) is 13.2 Å². The van der Waals surface area contributed by atoms with Crippen molar-refractivity contribution in [1.82, 2.24) is 5.32 Å². The van der Waals surface area contributed by atoms with Gasteiger partial charge in [0.1, 0.15) is 17.6 Å². The normalized spacial score (nSPS) is 15.2. The van der Waals surface area contributed by atoms with Gasteiger partial charge in [-0.1, -0.05) is 54.6 Å². The van der Waals surface area contributed by atoms with Gasteiger partial charge in [-0.3, -0.25) is 4.79 Å². The predicted octanol–water partition coefficient (Wildman–Crippen LogP) is 4.12. The van der Waals surface area contributed by atoms with Gasteiger partial charge in [-0.2, -0.15) is 0 Å². The molecule has 4 heteroatoms. The maximum Gasteiger partial charge on any atom is 0.220 e. The third kappa shape index (κ3) is 4.22. The van der Waals surface area contributed by atoms with Gasteiger partial charge in [0.15, 0.2) is 0 Å². The average Bonchev–Trinajstić information content (AvgIpc) is 3.13. The van der Waals surface area contributed by atoms with Crippen molar-refractivity contribution in [1.29, 1.82) is 0 Å². The van der Waals surface area contributed by atoms with Gasteiger partial charge in [0, 0.05) is 18.2 Å². The first kappa shape index (κ1) is 17.4. The van der Waals surface area contributed by atoms with Gasteiger partial charge >= 0.3 is 0 Å². The molecule has 0 fully saturated rings. The number of para-hydroxylation sites is 1. The maximum atomic E-state index is 12.1. The van der Waals surface area contributed by atoms with Gasteiger partial charge in [-0.05, 0) is 29.5 Å². The topological polar surface area (TPSA) is 47.6 Å². The monoisotopic (exact) mass is 361 g/mol. The Morgan fingerprint density at radius 3 is 2.78 bits per heavy atom. The number of carbonyl (C=O) groups is 1. The first-order valence-corrected chi connectivity index (χ1v) is 9.41. The maximum absolute atomic E-state index is 12.1. The molecule has 1 heterocycles. The largest absolute Gasteiger partial charge is 0.493 e. The highest BCUT2D eigenvalue weighted by Gasteiger charge is 2.22. The summed E-state index contributed by atoms with van der Waals surface area (Å²) in [6, 6.07) is 22.2. The van der Waals surface area contributed by atoms with Crippen molar-refractivity contribution >= 4 is 16.7 Å². The molecular weight excluding hydrogens is 338 g/mol. The molecule has 1 amide bonds. The van der Waals surface area contributed by atoms with Crippen molar-refractivity contribution in [3.05, 3.63) is 72.3 Å². The molecule has 0 saturated heterocycles. The van der Waals surface area contributed by atoms with Crippen LogP contribution in [-0.2, 0) is 11.2 Å². The first-order chi connectivity index (χ1) is 13.3. The van der Waals surface area contributed by atoms with E-state index < -0.39 is 0 Å². The molecular formula is C23H23NO3. The highest BCUT2D eigenvalue weighted by atomic mass is 16.5. The smallest absolute Gasteiger partial charge is 0.220 e. The molecule has 4 nitrogen and oxygen atoms in total. The fourth-order valence-electron chi connectivity index (χ4n) is 3.42. The Bertz CT molecular complexity index is 907. The summed E-state index contributed by atoms with van der Waals surface area (Å²) in [4.78, 5) is 12.1. The van der Waals surface area contributed by atoms with Crippen LogP contribution >= 0.6 is 0 Å². The number of nitrogens with one attached hydrogen (secondary N) is 1. The van der Waals surface area contributed by atoms with Crippen LogP contribution in [0, 0.1) is 0 Å². The van der Waals surface area contributed by atoms with Crippen LogP contribution in [-0.4, -0.2) is 25.2 Å². The quantitative estimate of drug-likeness (QED) is 0.644. The molecule has 138 valence electrons. The van der Waals surface area contributed by atoms with Gasteiger partial charge in [0.05, 0.1) is 13.2 Å². The molecule has 1 atom stereocenters. The summed E-state index contributed by atoms with van der Waals surface area (Å²) in [7, 11) is 0. The molecule has 27 heavy (non-hydrogen) atoms. The van der Waals surface area contributed by atoms with Crippen LogP contribution in [0.25, 0.3) is 10.8 Å². The third-order valence-electron chi connectivity index (χ3n) is 4.80. The van der Waals surface area contributed by atoms with Crippen LogP contribution in [0.15, 0.2) is 66.7 Å². The second kappa shape index (κ2) is 8.12. The molecule has 3 aromatic rings. The Kier molecular flexibility index (Phi) is 5.24. The van der Waals surface area contributed by atoms with Gasteiger partial charge in [-0.15, -0.1) is 0 Å². The number of rotatable bonds is 7. The van der Waals surface area contributed by atoms with E-state index in [-0.39, 0.29) is 12.0 Å². The van der Waals surface area contributed by atoms with Gasteiger partial charge in [0.2, 0.25) is 5.91 Å². The van der Waals surface area contributed by atoms with Gasteiger partial charge in [-0.25, -0.2) is 0 Å². The highest BCUT2D eigenvalue weighted by molar-refractivity contribution is 5.88. The molecule has 0 bridgehead atoms. The fourth-order valence-corrected chi connectivity index (χ4v) is 3.42. The van der Waals surface area contributed by atoms with E-state index in [1.807, 2.05) is 42.5 Å². The first-order valence-electron chi connectivity index (χ1n) is 9.41. The molecule has 0 radical (unpaired) electrons. The number of hydrogen-bond acceptors (Lipinski definition) is 3. The summed E-state index contributed by atoms with van der Waals surface area (Å²) in [6.07, 6.45) is 2.00. The Hall–Kier alpha value is -3.01. The van der Waals surface area contributed by atoms with E-state index in [0.717, 1.165) is 28.7 Å². The lowest BCUT2D eigenvalue weighted by Gasteiger charge is -2.12. The van der Waals surface area contributed by atoms with E-state index in [1.54, 1.807) is 0 Å². The average molecular weight is 361 g/mol. The minimum atomic E-state index is 0.0262. The summed E-state index contributed by atoms with van der Waals surface area (Å²) >= 11 is 0. The number of benzene rings is 3. The van der Waals surface area contributed by atoms with E-state index in [9.17, 15) is 4.79 Å². The summed E-state index contributed by atoms with van der Waals surface area (Å²) in [5.41, 5.74) is 1.21. The zero-order valence-corrected chi connectivity index (χ0v) is 15.2. The van der Waals surface area contributed by atoms with Crippen LogP contribution in [0.5, 0.6) is 11.5 Å². The van der Waals surface area contributed by atoms with E-state index in [0.29, 0.717) is 26.0 Å². The van der Waals surface area contributed by atoms with E-state index >= 15 is 0 Å². The minimum Gasteiger partial charge on any atom is -0.493 e. The zero-order chi connectivity index (χ0) is 18.5. The van der Waals surface area contributed by atoms with Crippen LogP contribution in [0.2, 0.25) is 0 Å². The molecule has 0 saturated carbocycles. The Balaban J connectivity index is 1.18. The standard InChI is InChI=1S/C23H23NO3/c25-23(24-16-19-15-18-8-2-4-11-21(18)27-19)13-6-14-26-22-12-5-9-17-7-1-3-10-20(17)22/h1-5,7-12,19H,6,13-16H2,(H,24,25). The number of ether oxygens (including phenoxy) is 2. The summed E-state index contributed by atoms with van der Waals surface area (Å²) in [6.45, 7) is 1.06. The molecule has 4 rings (SSSR count). The lowest BCUT2D eigenvalue weighted by Crippen LogP contribution is -2.34. The summed E-state index contributed by atoms with van der Waals surface area (Å²) in [5.74, 6) is 1.84. The Morgan fingerprint density at radius 2 is 1.85 bits per heavy atom. The predicted molar refractivity (Wildman–Crippen MR) is 106 cm³/mol. The third-order valence-corrected chi connectivity index (χ3v) is 4.80. The number of amides is 1. The molecule has 0 aliphatic carbocycles. The molecule has 1 aliphatic heterocycles. The van der Waals surface area contributed by atoms with E-state index in [4.69, 9.17) is 9.47 Å². The lowest BCUT2D eigenvalue weighted by atomic mass is 10.1. The van der Waals surface area contributed by atoms with Crippen molar-refractivity contribution < 1.29 is 14.3 Å². The zero-order valence-electron chi connectivity index (χ0n) is 15.2. The molecule has 0 spiro atoms. The van der Waals surface area contributed by atoms with Crippen LogP contribution in [0.1, 0.15) is 18.4 Å². The fraction of sp³-hybridized carbons (Fsp3) is 0.261. The molecule has 0 aromatic heterocycles. The van der Waals surface area contributed by atoms with Crippen molar-refractivity contribution in [2.45, 2.75) is 25.4 Å². The van der Waals surface area contributed by atoms with Crippen molar-refractivity contribution in [3.8, 4) is 11.5 Å². The molecule has 3 aromatic carbocycles. The number of hydrogen-bond donors (Lipinski definition) is 1. The lowest BCUT2D eigenvalue weighted by molar-refractivity contribution is -0.121. The van der Waals surface area contributed by atoms with E-state index in [1.165, 1.54) is 5.56 Å². The molecule has 1 N–H and O–H groups in total. The summed E-state index contributed by atoms with van der Waals surface area (Å²) < 4.78 is 11.7. The van der Waals surface area contributed by atoms with E-state index in [2.05, 4.69) is 29.6 Å². The number of carbonyl (C=O) groups excluding carboxylic acids is 1. The number of fused-ring (bicyclic) bond motifs is 2. The SMILES string of the molecule is O=C(CCCOc1cccc2ccccc12)NCC1Cc2ccccc2O1. The second-order valence-corrected chi connectivity index (χ2v) is 6.79.